The van der Waals surface area contributed by atoms with Crippen molar-refractivity contribution in [2.45, 2.75) is 58.5 Å². The van der Waals surface area contributed by atoms with E-state index in [1.54, 1.807) is 25.2 Å². The summed E-state index contributed by atoms with van der Waals surface area (Å²) in [5.41, 5.74) is 0.728. The van der Waals surface area contributed by atoms with Crippen LogP contribution in [0.15, 0.2) is 9.31 Å². The summed E-state index contributed by atoms with van der Waals surface area (Å²) in [7, 11) is -1.73. The van der Waals surface area contributed by atoms with Gasteiger partial charge in [0.2, 0.25) is 10.0 Å². The van der Waals surface area contributed by atoms with Gasteiger partial charge in [0, 0.05) is 24.7 Å². The molecule has 0 saturated carbocycles. The summed E-state index contributed by atoms with van der Waals surface area (Å²) in [5.74, 6) is 1.13. The van der Waals surface area contributed by atoms with Crippen LogP contribution in [0.5, 0.6) is 0 Å². The number of sulfonamides is 1. The van der Waals surface area contributed by atoms with Gasteiger partial charge in [0.25, 0.3) is 0 Å². The van der Waals surface area contributed by atoms with E-state index in [0.29, 0.717) is 29.5 Å². The number of nitrogens with zero attached hydrogens (tertiary/aromatic N) is 1. The molecule has 0 bridgehead atoms. The molecule has 0 spiro atoms. The monoisotopic (exact) mass is 302 g/mol. The van der Waals surface area contributed by atoms with Crippen LogP contribution in [-0.4, -0.2) is 32.4 Å². The van der Waals surface area contributed by atoms with Crippen molar-refractivity contribution in [1.29, 1.82) is 0 Å². The van der Waals surface area contributed by atoms with E-state index in [0.717, 1.165) is 12.0 Å². The average Bonchev–Trinajstić information content (AvgIpc) is 2.61. The largest absolute Gasteiger partial charge is 0.465 e. The molecule has 0 aromatic carbocycles. The third-order valence-corrected chi connectivity index (χ3v) is 5.54. The summed E-state index contributed by atoms with van der Waals surface area (Å²) in [6.07, 6.45) is 0.786. The number of nitrogens with one attached hydrogen (secondary N) is 1. The first-order valence-corrected chi connectivity index (χ1v) is 8.46. The molecule has 0 unspecified atom stereocenters. The molecule has 5 nitrogen and oxygen atoms in total. The first-order valence-electron chi connectivity index (χ1n) is 7.02. The Morgan fingerprint density at radius 1 is 1.25 bits per heavy atom. The van der Waals surface area contributed by atoms with Crippen LogP contribution in [0.4, 0.5) is 0 Å². The zero-order chi connectivity index (χ0) is 15.5. The molecule has 0 saturated heterocycles. The van der Waals surface area contributed by atoms with E-state index < -0.39 is 10.0 Å². The molecule has 1 aromatic heterocycles. The molecule has 116 valence electrons. The Morgan fingerprint density at radius 2 is 1.85 bits per heavy atom. The van der Waals surface area contributed by atoms with Crippen LogP contribution in [0.3, 0.4) is 0 Å². The second-order valence-electron chi connectivity index (χ2n) is 5.26. The molecule has 6 heteroatoms. The van der Waals surface area contributed by atoms with Crippen molar-refractivity contribution >= 4 is 10.0 Å². The van der Waals surface area contributed by atoms with Crippen molar-refractivity contribution in [1.82, 2.24) is 9.62 Å². The normalized spacial score (nSPS) is 12.6. The molecule has 1 aromatic rings. The molecule has 0 aliphatic heterocycles. The van der Waals surface area contributed by atoms with E-state index in [2.05, 4.69) is 5.32 Å². The third-order valence-electron chi connectivity index (χ3n) is 3.27. The Morgan fingerprint density at radius 3 is 2.30 bits per heavy atom. The predicted octanol–water partition coefficient (Wildman–Crippen LogP) is 2.42. The Kier molecular flexibility index (Phi) is 5.79. The highest BCUT2D eigenvalue weighted by Gasteiger charge is 2.33. The Hall–Kier alpha value is -0.850. The van der Waals surface area contributed by atoms with Gasteiger partial charge in [-0.25, -0.2) is 8.42 Å². The minimum absolute atomic E-state index is 0.0722. The quantitative estimate of drug-likeness (QED) is 0.840. The lowest BCUT2D eigenvalue weighted by Crippen LogP contribution is -2.38. The average molecular weight is 302 g/mol. The van der Waals surface area contributed by atoms with Crippen LogP contribution in [0.25, 0.3) is 0 Å². The first-order chi connectivity index (χ1) is 9.27. The molecular formula is C14H26N2O3S. The predicted molar refractivity (Wildman–Crippen MR) is 80.3 cm³/mol. The van der Waals surface area contributed by atoms with Gasteiger partial charge < -0.3 is 9.73 Å². The molecule has 0 aliphatic carbocycles. The van der Waals surface area contributed by atoms with E-state index in [9.17, 15) is 8.42 Å². The summed E-state index contributed by atoms with van der Waals surface area (Å²) >= 11 is 0. The minimum Gasteiger partial charge on any atom is -0.465 e. The van der Waals surface area contributed by atoms with Gasteiger partial charge in [-0.05, 0) is 41.2 Å². The van der Waals surface area contributed by atoms with Crippen LogP contribution in [0, 0.1) is 13.8 Å². The summed E-state index contributed by atoms with van der Waals surface area (Å²) in [5, 5.41) is 3.01. The van der Waals surface area contributed by atoms with E-state index in [1.165, 1.54) is 0 Å². The highest BCUT2D eigenvalue weighted by molar-refractivity contribution is 7.89. The number of hydrogen-bond donors (Lipinski definition) is 1. The van der Waals surface area contributed by atoms with Gasteiger partial charge in [0.15, 0.2) is 0 Å². The topological polar surface area (TPSA) is 62.6 Å². The highest BCUT2D eigenvalue weighted by atomic mass is 32.2. The molecule has 1 heterocycles. The SMILES string of the molecule is CCCN(C(C)C)S(=O)(=O)c1c(C)oc(C)c1CNC. The standard InChI is InChI=1S/C14H26N2O3S/c1-7-8-16(10(2)3)20(17,18)14-12(5)19-11(4)13(14)9-15-6/h10,15H,7-9H2,1-6H3. The molecule has 0 radical (unpaired) electrons. The maximum Gasteiger partial charge on any atom is 0.247 e. The van der Waals surface area contributed by atoms with Crippen LogP contribution in [0.2, 0.25) is 0 Å². The molecular weight excluding hydrogens is 276 g/mol. The molecule has 0 fully saturated rings. The van der Waals surface area contributed by atoms with Crippen molar-refractivity contribution in [2.75, 3.05) is 13.6 Å². The lowest BCUT2D eigenvalue weighted by atomic mass is 10.2. The maximum atomic E-state index is 12.9. The van der Waals surface area contributed by atoms with E-state index in [1.807, 2.05) is 20.8 Å². The third kappa shape index (κ3) is 3.24. The van der Waals surface area contributed by atoms with Crippen molar-refractivity contribution in [3.8, 4) is 0 Å². The van der Waals surface area contributed by atoms with Gasteiger partial charge in [-0.3, -0.25) is 0 Å². The fourth-order valence-electron chi connectivity index (χ4n) is 2.42. The number of aryl methyl sites for hydroxylation is 2. The van der Waals surface area contributed by atoms with E-state index in [4.69, 9.17) is 4.42 Å². The summed E-state index contributed by atoms with van der Waals surface area (Å²) in [4.78, 5) is 0.325. The molecule has 20 heavy (non-hydrogen) atoms. The van der Waals surface area contributed by atoms with Crippen molar-refractivity contribution in [3.05, 3.63) is 17.1 Å². The fourth-order valence-corrected chi connectivity index (χ4v) is 4.57. The number of hydrogen-bond acceptors (Lipinski definition) is 4. The lowest BCUT2D eigenvalue weighted by molar-refractivity contribution is 0.353. The lowest BCUT2D eigenvalue weighted by Gasteiger charge is -2.25. The smallest absolute Gasteiger partial charge is 0.247 e. The summed E-state index contributed by atoms with van der Waals surface area (Å²) < 4.78 is 33.0. The molecule has 1 rings (SSSR count). The second-order valence-corrected chi connectivity index (χ2v) is 7.09. The molecule has 1 N–H and O–H groups in total. The van der Waals surface area contributed by atoms with Crippen molar-refractivity contribution in [2.24, 2.45) is 0 Å². The summed E-state index contributed by atoms with van der Waals surface area (Å²) in [6.45, 7) is 10.3. The van der Waals surface area contributed by atoms with E-state index >= 15 is 0 Å². The molecule has 0 atom stereocenters. The van der Waals surface area contributed by atoms with Gasteiger partial charge in [0.1, 0.15) is 16.4 Å². The first kappa shape index (κ1) is 17.2. The zero-order valence-electron chi connectivity index (χ0n) is 13.3. The van der Waals surface area contributed by atoms with Gasteiger partial charge in [-0.1, -0.05) is 6.92 Å². The van der Waals surface area contributed by atoms with Gasteiger partial charge in [0.05, 0.1) is 0 Å². The van der Waals surface area contributed by atoms with Crippen molar-refractivity contribution in [3.63, 3.8) is 0 Å². The molecule has 0 aliphatic rings. The van der Waals surface area contributed by atoms with Gasteiger partial charge in [-0.15, -0.1) is 0 Å². The van der Waals surface area contributed by atoms with Gasteiger partial charge in [-0.2, -0.15) is 4.31 Å². The Balaban J connectivity index is 3.40. The number of furan rings is 1. The van der Waals surface area contributed by atoms with Crippen LogP contribution >= 0.6 is 0 Å². The maximum absolute atomic E-state index is 12.9. The van der Waals surface area contributed by atoms with Crippen LogP contribution in [0.1, 0.15) is 44.3 Å². The zero-order valence-corrected chi connectivity index (χ0v) is 14.1. The van der Waals surface area contributed by atoms with Gasteiger partial charge >= 0.3 is 0 Å². The Bertz CT molecular complexity index is 547. The Labute approximate surface area is 122 Å². The summed E-state index contributed by atoms with van der Waals surface area (Å²) in [6, 6.07) is -0.0722. The highest BCUT2D eigenvalue weighted by Crippen LogP contribution is 2.30. The van der Waals surface area contributed by atoms with Crippen LogP contribution < -0.4 is 5.32 Å². The van der Waals surface area contributed by atoms with E-state index in [-0.39, 0.29) is 6.04 Å². The fraction of sp³-hybridized carbons (Fsp3) is 0.714. The molecule has 0 amide bonds. The number of rotatable bonds is 7. The second kappa shape index (κ2) is 6.74. The minimum atomic E-state index is -3.53. The van der Waals surface area contributed by atoms with Crippen molar-refractivity contribution < 1.29 is 12.8 Å². The van der Waals surface area contributed by atoms with Crippen LogP contribution in [-0.2, 0) is 16.6 Å².